The fraction of sp³-hybridized carbons (Fsp3) is 0.167. The Morgan fingerprint density at radius 3 is 2.62 bits per heavy atom. The topological polar surface area (TPSA) is 54.4 Å². The van der Waals surface area contributed by atoms with E-state index in [0.29, 0.717) is 0 Å². The van der Waals surface area contributed by atoms with Gasteiger partial charge in [-0.15, -0.1) is 11.3 Å². The molecule has 0 fully saturated rings. The molecular formula is C6H4F2O3S2. The third kappa shape index (κ3) is 1.92. The van der Waals surface area contributed by atoms with E-state index in [4.69, 9.17) is 5.11 Å². The SMILES string of the molecule is O=C(O)C(F)(F)[S@](=O)c1cccs1. The first-order valence-corrected chi connectivity index (χ1v) is 5.06. The molecule has 1 heterocycles. The molecule has 0 saturated carbocycles. The normalized spacial score (nSPS) is 14.0. The summed E-state index contributed by atoms with van der Waals surface area (Å²) in [5.41, 5.74) is 0. The van der Waals surface area contributed by atoms with Crippen molar-refractivity contribution in [3.05, 3.63) is 17.5 Å². The number of hydrogen-bond donors (Lipinski definition) is 1. The third-order valence-corrected chi connectivity index (χ3v) is 3.71. The first-order chi connectivity index (χ1) is 5.96. The van der Waals surface area contributed by atoms with Crippen LogP contribution in [0.15, 0.2) is 21.7 Å². The van der Waals surface area contributed by atoms with Gasteiger partial charge in [-0.3, -0.25) is 0 Å². The van der Waals surface area contributed by atoms with E-state index in [0.717, 1.165) is 11.3 Å². The second-order valence-electron chi connectivity index (χ2n) is 2.02. The number of alkyl halides is 2. The molecule has 1 N–H and O–H groups in total. The summed E-state index contributed by atoms with van der Waals surface area (Å²) < 4.78 is 36.0. The molecule has 13 heavy (non-hydrogen) atoms. The Hall–Kier alpha value is -0.820. The molecule has 0 spiro atoms. The molecule has 0 aromatic carbocycles. The van der Waals surface area contributed by atoms with Crippen LogP contribution >= 0.6 is 11.3 Å². The molecule has 1 aromatic heterocycles. The largest absolute Gasteiger partial charge is 0.476 e. The van der Waals surface area contributed by atoms with Crippen molar-refractivity contribution in [3.8, 4) is 0 Å². The van der Waals surface area contributed by atoms with Gasteiger partial charge >= 0.3 is 11.2 Å². The molecule has 0 aliphatic heterocycles. The summed E-state index contributed by atoms with van der Waals surface area (Å²) in [7, 11) is -2.81. The van der Waals surface area contributed by atoms with Crippen molar-refractivity contribution in [3.63, 3.8) is 0 Å². The molecule has 1 rings (SSSR count). The first kappa shape index (κ1) is 10.3. The molecule has 0 amide bonds. The summed E-state index contributed by atoms with van der Waals surface area (Å²) in [4.78, 5) is 10.0. The Morgan fingerprint density at radius 2 is 2.23 bits per heavy atom. The highest BCUT2D eigenvalue weighted by Crippen LogP contribution is 2.27. The van der Waals surface area contributed by atoms with Crippen molar-refractivity contribution >= 4 is 28.1 Å². The Labute approximate surface area is 78.5 Å². The molecule has 72 valence electrons. The number of rotatable bonds is 3. The van der Waals surface area contributed by atoms with Crippen molar-refractivity contribution in [2.75, 3.05) is 0 Å². The van der Waals surface area contributed by atoms with E-state index >= 15 is 0 Å². The van der Waals surface area contributed by atoms with E-state index in [2.05, 4.69) is 0 Å². The van der Waals surface area contributed by atoms with Gasteiger partial charge in [0.05, 0.1) is 4.21 Å². The average Bonchev–Trinajstić information content (AvgIpc) is 2.54. The van der Waals surface area contributed by atoms with Crippen molar-refractivity contribution in [2.45, 2.75) is 9.46 Å². The number of halogens is 2. The van der Waals surface area contributed by atoms with Crippen molar-refractivity contribution in [1.82, 2.24) is 0 Å². The van der Waals surface area contributed by atoms with Crippen LogP contribution < -0.4 is 0 Å². The molecule has 1 atom stereocenters. The number of aliphatic carboxylic acids is 1. The van der Waals surface area contributed by atoms with Crippen LogP contribution in [-0.4, -0.2) is 20.5 Å². The maximum absolute atomic E-state index is 12.6. The quantitative estimate of drug-likeness (QED) is 0.850. The van der Waals surface area contributed by atoms with Crippen LogP contribution in [0.2, 0.25) is 0 Å². The predicted octanol–water partition coefficient (Wildman–Crippen LogP) is 1.53. The third-order valence-electron chi connectivity index (χ3n) is 1.16. The fourth-order valence-corrected chi connectivity index (χ4v) is 2.47. The van der Waals surface area contributed by atoms with E-state index in [-0.39, 0.29) is 4.21 Å². The van der Waals surface area contributed by atoms with Crippen LogP contribution in [-0.2, 0) is 15.6 Å². The molecule has 0 aliphatic rings. The maximum Gasteiger partial charge on any atom is 0.420 e. The Balaban J connectivity index is 2.98. The smallest absolute Gasteiger partial charge is 0.420 e. The maximum atomic E-state index is 12.6. The summed E-state index contributed by atoms with van der Waals surface area (Å²) >= 11 is 0.832. The molecule has 0 unspecified atom stereocenters. The number of hydrogen-bond acceptors (Lipinski definition) is 3. The van der Waals surface area contributed by atoms with Gasteiger partial charge in [-0.25, -0.2) is 9.00 Å². The van der Waals surface area contributed by atoms with E-state index < -0.39 is 22.0 Å². The molecule has 3 nitrogen and oxygen atoms in total. The zero-order valence-electron chi connectivity index (χ0n) is 6.07. The van der Waals surface area contributed by atoms with E-state index in [1.165, 1.54) is 17.5 Å². The number of thiophene rings is 1. The van der Waals surface area contributed by atoms with Crippen molar-refractivity contribution in [1.29, 1.82) is 0 Å². The molecule has 0 radical (unpaired) electrons. The summed E-state index contributed by atoms with van der Waals surface area (Å²) in [5.74, 6) is -2.38. The molecule has 0 aliphatic carbocycles. The Kier molecular flexibility index (Phi) is 2.77. The molecule has 0 saturated heterocycles. The lowest BCUT2D eigenvalue weighted by atomic mass is 10.7. The minimum absolute atomic E-state index is 0.146. The van der Waals surface area contributed by atoms with Gasteiger partial charge in [0.2, 0.25) is 0 Å². The highest BCUT2D eigenvalue weighted by molar-refractivity contribution is 7.89. The molecular weight excluding hydrogens is 222 g/mol. The van der Waals surface area contributed by atoms with Gasteiger partial charge in [0.15, 0.2) is 0 Å². The van der Waals surface area contributed by atoms with Crippen LogP contribution in [0.5, 0.6) is 0 Å². The molecule has 7 heteroatoms. The van der Waals surface area contributed by atoms with Crippen molar-refractivity contribution in [2.24, 2.45) is 0 Å². The lowest BCUT2D eigenvalue weighted by Gasteiger charge is -2.08. The second-order valence-corrected chi connectivity index (χ2v) is 4.72. The molecule has 0 bridgehead atoms. The fourth-order valence-electron chi connectivity index (χ4n) is 0.575. The zero-order valence-corrected chi connectivity index (χ0v) is 7.70. The van der Waals surface area contributed by atoms with Crippen LogP contribution in [0.3, 0.4) is 0 Å². The number of carboxylic acids is 1. The van der Waals surface area contributed by atoms with Gasteiger partial charge in [-0.1, -0.05) is 6.07 Å². The number of carbonyl (C=O) groups is 1. The summed E-state index contributed by atoms with van der Waals surface area (Å²) in [5, 5.41) is 5.30. The second kappa shape index (κ2) is 3.51. The van der Waals surface area contributed by atoms with Gasteiger partial charge in [0.25, 0.3) is 0 Å². The highest BCUT2D eigenvalue weighted by atomic mass is 32.2. The van der Waals surface area contributed by atoms with Gasteiger partial charge in [-0.05, 0) is 11.4 Å². The van der Waals surface area contributed by atoms with Gasteiger partial charge in [-0.2, -0.15) is 8.78 Å². The van der Waals surface area contributed by atoms with Crippen molar-refractivity contribution < 1.29 is 22.9 Å². The summed E-state index contributed by atoms with van der Waals surface area (Å²) in [6.07, 6.45) is 0. The highest BCUT2D eigenvalue weighted by Gasteiger charge is 2.47. The number of carboxylic acid groups (broad SMARTS) is 1. The van der Waals surface area contributed by atoms with Gasteiger partial charge in [0.1, 0.15) is 10.8 Å². The summed E-state index contributed by atoms with van der Waals surface area (Å²) in [6.45, 7) is 0. The van der Waals surface area contributed by atoms with E-state index in [1.807, 2.05) is 0 Å². The summed E-state index contributed by atoms with van der Waals surface area (Å²) in [6, 6.07) is 2.63. The first-order valence-electron chi connectivity index (χ1n) is 3.03. The zero-order chi connectivity index (χ0) is 10.1. The average molecular weight is 226 g/mol. The lowest BCUT2D eigenvalue weighted by Crippen LogP contribution is -2.32. The van der Waals surface area contributed by atoms with E-state index in [9.17, 15) is 17.8 Å². The Bertz CT molecular complexity index is 334. The van der Waals surface area contributed by atoms with Crippen LogP contribution in [0.1, 0.15) is 0 Å². The van der Waals surface area contributed by atoms with Crippen LogP contribution in [0, 0.1) is 0 Å². The van der Waals surface area contributed by atoms with Crippen LogP contribution in [0.4, 0.5) is 8.78 Å². The van der Waals surface area contributed by atoms with Gasteiger partial charge < -0.3 is 5.11 Å². The minimum atomic E-state index is -4.22. The standard InChI is InChI=1S/C6H4F2O3S2/c7-6(8,5(9)10)13(11)4-2-1-3-12-4/h1-3H,(H,9,10)/t13-/m1/s1. The Morgan fingerprint density at radius 1 is 1.62 bits per heavy atom. The van der Waals surface area contributed by atoms with Gasteiger partial charge in [0, 0.05) is 0 Å². The molecule has 1 aromatic rings. The monoisotopic (exact) mass is 226 g/mol. The van der Waals surface area contributed by atoms with Crippen LogP contribution in [0.25, 0.3) is 0 Å². The minimum Gasteiger partial charge on any atom is -0.476 e. The predicted molar refractivity (Wildman–Crippen MR) is 43.3 cm³/mol. The van der Waals surface area contributed by atoms with E-state index in [1.54, 1.807) is 0 Å². The lowest BCUT2D eigenvalue weighted by molar-refractivity contribution is -0.153.